The Kier molecular flexibility index (Phi) is 5.33. The highest BCUT2D eigenvalue weighted by atomic mass is 19.4. The average Bonchev–Trinajstić information content (AvgIpc) is 2.62. The second-order valence-corrected chi connectivity index (χ2v) is 6.61. The third kappa shape index (κ3) is 4.54. The SMILES string of the molecule is C[C@@H](Cc1cccc(C(F)(F)F)c1)N1CCN(c2ccccc2)CC1. The molecule has 25 heavy (non-hydrogen) atoms. The number of piperazine rings is 1. The molecular weight excluding hydrogens is 325 g/mol. The van der Waals surface area contributed by atoms with Crippen molar-refractivity contribution >= 4 is 5.69 Å². The van der Waals surface area contributed by atoms with Gasteiger partial charge in [0.2, 0.25) is 0 Å². The summed E-state index contributed by atoms with van der Waals surface area (Å²) in [5, 5.41) is 0. The molecule has 0 bridgehead atoms. The monoisotopic (exact) mass is 348 g/mol. The zero-order chi connectivity index (χ0) is 17.9. The van der Waals surface area contributed by atoms with E-state index in [1.54, 1.807) is 6.07 Å². The van der Waals surface area contributed by atoms with Crippen molar-refractivity contribution in [3.63, 3.8) is 0 Å². The van der Waals surface area contributed by atoms with Gasteiger partial charge in [0.05, 0.1) is 5.56 Å². The molecule has 0 radical (unpaired) electrons. The average molecular weight is 348 g/mol. The Morgan fingerprint density at radius 3 is 2.24 bits per heavy atom. The van der Waals surface area contributed by atoms with Gasteiger partial charge < -0.3 is 4.90 Å². The van der Waals surface area contributed by atoms with E-state index in [0.29, 0.717) is 6.42 Å². The largest absolute Gasteiger partial charge is 0.416 e. The smallest absolute Gasteiger partial charge is 0.369 e. The van der Waals surface area contributed by atoms with Gasteiger partial charge in [-0.05, 0) is 37.1 Å². The molecule has 0 saturated carbocycles. The van der Waals surface area contributed by atoms with Gasteiger partial charge in [0, 0.05) is 37.9 Å². The van der Waals surface area contributed by atoms with Gasteiger partial charge in [0.15, 0.2) is 0 Å². The summed E-state index contributed by atoms with van der Waals surface area (Å²) in [5.74, 6) is 0. The maximum Gasteiger partial charge on any atom is 0.416 e. The molecule has 1 aliphatic heterocycles. The maximum atomic E-state index is 12.8. The molecule has 1 atom stereocenters. The molecule has 0 spiro atoms. The fraction of sp³-hybridized carbons (Fsp3) is 0.400. The highest BCUT2D eigenvalue weighted by molar-refractivity contribution is 5.46. The van der Waals surface area contributed by atoms with Crippen LogP contribution in [-0.4, -0.2) is 37.1 Å². The topological polar surface area (TPSA) is 6.48 Å². The Labute approximate surface area is 146 Å². The van der Waals surface area contributed by atoms with Crippen molar-refractivity contribution in [1.29, 1.82) is 0 Å². The molecule has 1 heterocycles. The van der Waals surface area contributed by atoms with Gasteiger partial charge in [-0.15, -0.1) is 0 Å². The first kappa shape index (κ1) is 17.8. The van der Waals surface area contributed by atoms with Crippen LogP contribution in [0.15, 0.2) is 54.6 Å². The minimum atomic E-state index is -4.28. The summed E-state index contributed by atoms with van der Waals surface area (Å²) in [5.41, 5.74) is 1.41. The number of alkyl halides is 3. The molecule has 1 saturated heterocycles. The van der Waals surface area contributed by atoms with E-state index in [9.17, 15) is 13.2 Å². The number of anilines is 1. The van der Waals surface area contributed by atoms with Crippen LogP contribution in [0.2, 0.25) is 0 Å². The molecule has 3 rings (SSSR count). The van der Waals surface area contributed by atoms with Gasteiger partial charge >= 0.3 is 6.18 Å². The van der Waals surface area contributed by atoms with E-state index in [4.69, 9.17) is 0 Å². The van der Waals surface area contributed by atoms with Crippen molar-refractivity contribution in [2.45, 2.75) is 25.6 Å². The minimum absolute atomic E-state index is 0.224. The first-order valence-electron chi connectivity index (χ1n) is 8.63. The molecule has 0 aliphatic carbocycles. The van der Waals surface area contributed by atoms with Crippen LogP contribution in [0.5, 0.6) is 0 Å². The van der Waals surface area contributed by atoms with Crippen LogP contribution >= 0.6 is 0 Å². The van der Waals surface area contributed by atoms with Gasteiger partial charge in [-0.2, -0.15) is 13.2 Å². The molecule has 134 valence electrons. The van der Waals surface area contributed by atoms with Crippen LogP contribution in [0.1, 0.15) is 18.1 Å². The Morgan fingerprint density at radius 1 is 0.920 bits per heavy atom. The summed E-state index contributed by atoms with van der Waals surface area (Å²) in [6, 6.07) is 16.2. The molecular formula is C20H23F3N2. The summed E-state index contributed by atoms with van der Waals surface area (Å²) in [6.07, 6.45) is -3.64. The van der Waals surface area contributed by atoms with Crippen molar-refractivity contribution in [2.24, 2.45) is 0 Å². The van der Waals surface area contributed by atoms with Gasteiger partial charge in [-0.3, -0.25) is 4.90 Å². The molecule has 0 N–H and O–H groups in total. The normalized spacial score (nSPS) is 17.5. The van der Waals surface area contributed by atoms with E-state index >= 15 is 0 Å². The van der Waals surface area contributed by atoms with E-state index in [1.807, 2.05) is 18.2 Å². The van der Waals surface area contributed by atoms with E-state index in [1.165, 1.54) is 17.8 Å². The number of benzene rings is 2. The van der Waals surface area contributed by atoms with E-state index in [-0.39, 0.29) is 6.04 Å². The van der Waals surface area contributed by atoms with Crippen LogP contribution in [0.3, 0.4) is 0 Å². The Bertz CT molecular complexity index is 677. The molecule has 2 aromatic carbocycles. The summed E-state index contributed by atoms with van der Waals surface area (Å²) in [6.45, 7) is 5.83. The van der Waals surface area contributed by atoms with Gasteiger partial charge in [0.25, 0.3) is 0 Å². The number of rotatable bonds is 4. The Balaban J connectivity index is 1.57. The second-order valence-electron chi connectivity index (χ2n) is 6.61. The van der Waals surface area contributed by atoms with Crippen molar-refractivity contribution in [1.82, 2.24) is 4.90 Å². The highest BCUT2D eigenvalue weighted by Gasteiger charge is 2.30. The van der Waals surface area contributed by atoms with E-state index in [2.05, 4.69) is 28.9 Å². The van der Waals surface area contributed by atoms with Crippen molar-refractivity contribution in [3.8, 4) is 0 Å². The molecule has 1 aliphatic rings. The number of hydrogen-bond donors (Lipinski definition) is 0. The second kappa shape index (κ2) is 7.48. The molecule has 0 amide bonds. The lowest BCUT2D eigenvalue weighted by Crippen LogP contribution is -2.50. The summed E-state index contributed by atoms with van der Waals surface area (Å²) in [4.78, 5) is 4.72. The van der Waals surface area contributed by atoms with Gasteiger partial charge in [0.1, 0.15) is 0 Å². The quantitative estimate of drug-likeness (QED) is 0.805. The van der Waals surface area contributed by atoms with Crippen LogP contribution in [0.4, 0.5) is 18.9 Å². The minimum Gasteiger partial charge on any atom is -0.369 e. The predicted molar refractivity (Wildman–Crippen MR) is 94.8 cm³/mol. The van der Waals surface area contributed by atoms with E-state index < -0.39 is 11.7 Å². The molecule has 2 nitrogen and oxygen atoms in total. The van der Waals surface area contributed by atoms with Crippen LogP contribution < -0.4 is 4.90 Å². The zero-order valence-corrected chi connectivity index (χ0v) is 14.3. The molecule has 5 heteroatoms. The number of para-hydroxylation sites is 1. The first-order chi connectivity index (χ1) is 11.9. The standard InChI is InChI=1S/C20H23F3N2/c1-16(14-17-6-5-7-18(15-17)20(21,22)23)24-10-12-25(13-11-24)19-8-3-2-4-9-19/h2-9,15-16H,10-14H2,1H3/t16-/m0/s1. The number of hydrogen-bond acceptors (Lipinski definition) is 2. The zero-order valence-electron chi connectivity index (χ0n) is 14.3. The molecule has 0 aromatic heterocycles. The van der Waals surface area contributed by atoms with E-state index in [0.717, 1.165) is 37.8 Å². The lowest BCUT2D eigenvalue weighted by molar-refractivity contribution is -0.137. The van der Waals surface area contributed by atoms with Crippen LogP contribution in [-0.2, 0) is 12.6 Å². The van der Waals surface area contributed by atoms with Crippen LogP contribution in [0.25, 0.3) is 0 Å². The molecule has 1 fully saturated rings. The lowest BCUT2D eigenvalue weighted by Gasteiger charge is -2.39. The summed E-state index contributed by atoms with van der Waals surface area (Å²) >= 11 is 0. The van der Waals surface area contributed by atoms with Gasteiger partial charge in [-0.1, -0.05) is 36.4 Å². The number of halogens is 3. The lowest BCUT2D eigenvalue weighted by atomic mass is 10.0. The first-order valence-corrected chi connectivity index (χ1v) is 8.63. The third-order valence-electron chi connectivity index (χ3n) is 4.84. The third-order valence-corrected chi connectivity index (χ3v) is 4.84. The molecule has 2 aromatic rings. The fourth-order valence-electron chi connectivity index (χ4n) is 3.40. The summed E-state index contributed by atoms with van der Waals surface area (Å²) in [7, 11) is 0. The molecule has 0 unspecified atom stereocenters. The van der Waals surface area contributed by atoms with Crippen LogP contribution in [0, 0.1) is 0 Å². The van der Waals surface area contributed by atoms with Gasteiger partial charge in [-0.25, -0.2) is 0 Å². The van der Waals surface area contributed by atoms with Crippen molar-refractivity contribution in [2.75, 3.05) is 31.1 Å². The Morgan fingerprint density at radius 2 is 1.60 bits per heavy atom. The highest BCUT2D eigenvalue weighted by Crippen LogP contribution is 2.30. The maximum absolute atomic E-state index is 12.8. The predicted octanol–water partition coefficient (Wildman–Crippen LogP) is 4.46. The number of nitrogens with zero attached hydrogens (tertiary/aromatic N) is 2. The summed E-state index contributed by atoms with van der Waals surface area (Å²) < 4.78 is 38.5. The van der Waals surface area contributed by atoms with Crippen molar-refractivity contribution < 1.29 is 13.2 Å². The fourth-order valence-corrected chi connectivity index (χ4v) is 3.40. The van der Waals surface area contributed by atoms with Crippen molar-refractivity contribution in [3.05, 3.63) is 65.7 Å². The Hall–Kier alpha value is -2.01.